The lowest BCUT2D eigenvalue weighted by Gasteiger charge is -2.34. The van der Waals surface area contributed by atoms with Crippen molar-refractivity contribution in [2.45, 2.75) is 51.8 Å². The first kappa shape index (κ1) is 38.7. The minimum Gasteiger partial charge on any atom is -0.743 e. The molecule has 2 N–H and O–H groups in total. The highest BCUT2D eigenvalue weighted by molar-refractivity contribution is 7.97. The van der Waals surface area contributed by atoms with Crippen molar-refractivity contribution < 1.29 is 62.4 Å². The Kier molecular flexibility index (Phi) is 13.8. The van der Waals surface area contributed by atoms with Crippen LogP contribution in [0.3, 0.4) is 0 Å². The summed E-state index contributed by atoms with van der Waals surface area (Å²) in [4.78, 5) is 14.6. The Labute approximate surface area is 250 Å². The third kappa shape index (κ3) is 9.36. The SMILES string of the molecule is CCNCC.O=C(O)c1ccc([S+](c2ccccc2)c2ccccc2)cc1.O=S(=O)([O-])C(F)(F)C(F)(F)C(F)(F)C(F)(F)F. The Bertz CT molecular complexity index is 1380. The summed E-state index contributed by atoms with van der Waals surface area (Å²) >= 11 is 0. The minimum atomic E-state index is -7.43. The number of halogens is 9. The first-order chi connectivity index (χ1) is 20.2. The van der Waals surface area contributed by atoms with Crippen LogP contribution in [0.2, 0.25) is 0 Å². The molecule has 44 heavy (non-hydrogen) atoms. The van der Waals surface area contributed by atoms with E-state index in [1.165, 1.54) is 9.79 Å². The lowest BCUT2D eigenvalue weighted by Crippen LogP contribution is -2.63. The first-order valence-corrected chi connectivity index (χ1v) is 14.8. The van der Waals surface area contributed by atoms with Crippen molar-refractivity contribution in [3.8, 4) is 0 Å². The summed E-state index contributed by atoms with van der Waals surface area (Å²) in [6.45, 7) is 6.39. The van der Waals surface area contributed by atoms with Crippen molar-refractivity contribution >= 4 is 27.0 Å². The van der Waals surface area contributed by atoms with Gasteiger partial charge >= 0.3 is 29.2 Å². The average Bonchev–Trinajstić information content (AvgIpc) is 2.94. The van der Waals surface area contributed by atoms with Crippen molar-refractivity contribution in [3.63, 3.8) is 0 Å². The molecule has 0 spiro atoms. The van der Waals surface area contributed by atoms with Gasteiger partial charge < -0.3 is 15.0 Å². The molecule has 0 fully saturated rings. The smallest absolute Gasteiger partial charge is 0.460 e. The van der Waals surface area contributed by atoms with Gasteiger partial charge in [-0.15, -0.1) is 0 Å². The van der Waals surface area contributed by atoms with Crippen LogP contribution in [-0.2, 0) is 21.0 Å². The van der Waals surface area contributed by atoms with Crippen molar-refractivity contribution in [2.75, 3.05) is 13.1 Å². The molecule has 6 nitrogen and oxygen atoms in total. The number of rotatable bonds is 9. The van der Waals surface area contributed by atoms with Crippen molar-refractivity contribution in [1.82, 2.24) is 5.32 Å². The zero-order chi connectivity index (χ0) is 34.0. The number of hydrogen-bond donors (Lipinski definition) is 2. The zero-order valence-electron chi connectivity index (χ0n) is 22.8. The van der Waals surface area contributed by atoms with Crippen LogP contribution in [0.25, 0.3) is 0 Å². The largest absolute Gasteiger partial charge is 0.743 e. The molecule has 0 radical (unpaired) electrons. The van der Waals surface area contributed by atoms with Crippen molar-refractivity contribution in [3.05, 3.63) is 90.5 Å². The highest BCUT2D eigenvalue weighted by Crippen LogP contribution is 2.54. The first-order valence-electron chi connectivity index (χ1n) is 12.2. The van der Waals surface area contributed by atoms with E-state index in [0.29, 0.717) is 5.56 Å². The molecule has 17 heteroatoms. The summed E-state index contributed by atoms with van der Waals surface area (Å²) in [7, 11) is -7.65. The van der Waals surface area contributed by atoms with Gasteiger partial charge in [-0.1, -0.05) is 50.2 Å². The fourth-order valence-corrected chi connectivity index (χ4v) is 5.55. The number of carbonyl (C=O) groups is 1. The quantitative estimate of drug-likeness (QED) is 0.143. The van der Waals surface area contributed by atoms with Crippen LogP contribution in [0.5, 0.6) is 0 Å². The standard InChI is InChI=1S/C19H14O2S.C4HF9O3S.C4H11N/c20-19(21)15-11-13-18(14-12-15)22(16-7-3-1-4-8-16)17-9-5-2-6-10-17;5-1(6,3(9,10)11)2(7,8)4(12,13)17(14,15)16;1-3-5-4-2/h1-14H;(H,14,15,16);5H,3-4H2,1-2H3. The molecule has 3 aromatic rings. The van der Waals surface area contributed by atoms with E-state index < -0.39 is 39.4 Å². The molecular formula is C27H26F9NO5S2. The summed E-state index contributed by atoms with van der Waals surface area (Å²) in [5, 5.41) is 5.05. The number of alkyl halides is 9. The summed E-state index contributed by atoms with van der Waals surface area (Å²) in [6, 6.07) is 27.7. The molecule has 0 bridgehead atoms. The van der Waals surface area contributed by atoms with E-state index >= 15 is 0 Å². The fourth-order valence-electron chi connectivity index (χ4n) is 3.02. The maximum Gasteiger partial charge on any atom is 0.460 e. The molecular weight excluding hydrogens is 653 g/mol. The second kappa shape index (κ2) is 15.6. The molecule has 244 valence electrons. The van der Waals surface area contributed by atoms with Crippen molar-refractivity contribution in [2.24, 2.45) is 0 Å². The molecule has 0 heterocycles. The number of benzene rings is 3. The third-order valence-electron chi connectivity index (χ3n) is 5.22. The van der Waals surface area contributed by atoms with Crippen LogP contribution < -0.4 is 5.32 Å². The van der Waals surface area contributed by atoms with Crippen LogP contribution in [0.4, 0.5) is 39.5 Å². The summed E-state index contributed by atoms with van der Waals surface area (Å²) in [5.74, 6) is -15.7. The Hall–Kier alpha value is -3.28. The van der Waals surface area contributed by atoms with E-state index in [1.54, 1.807) is 12.1 Å². The fraction of sp³-hybridized carbons (Fsp3) is 0.296. The van der Waals surface area contributed by atoms with E-state index in [0.717, 1.165) is 18.0 Å². The van der Waals surface area contributed by atoms with Gasteiger partial charge in [0.2, 0.25) is 0 Å². The van der Waals surface area contributed by atoms with Gasteiger partial charge in [0.25, 0.3) is 0 Å². The third-order valence-corrected chi connectivity index (χ3v) is 8.34. The predicted molar refractivity (Wildman–Crippen MR) is 143 cm³/mol. The monoisotopic (exact) mass is 679 g/mol. The Balaban J connectivity index is 0.000000393. The molecule has 0 unspecified atom stereocenters. The minimum absolute atomic E-state index is 0.229. The van der Waals surface area contributed by atoms with Gasteiger partial charge in [0.05, 0.1) is 16.5 Å². The van der Waals surface area contributed by atoms with Gasteiger partial charge in [0.15, 0.2) is 24.8 Å². The molecule has 3 rings (SSSR count). The van der Waals surface area contributed by atoms with Crippen LogP contribution in [-0.4, -0.2) is 60.4 Å². The molecule has 0 saturated heterocycles. The molecule has 0 saturated carbocycles. The highest BCUT2D eigenvalue weighted by atomic mass is 32.2. The lowest BCUT2D eigenvalue weighted by molar-refractivity contribution is -0.382. The van der Waals surface area contributed by atoms with Gasteiger partial charge in [-0.25, -0.2) is 13.2 Å². The van der Waals surface area contributed by atoms with Gasteiger partial charge in [-0.05, 0) is 61.6 Å². The maximum atomic E-state index is 12.2. The summed E-state index contributed by atoms with van der Waals surface area (Å²) in [6.07, 6.45) is -7.16. The van der Waals surface area contributed by atoms with Gasteiger partial charge in [0, 0.05) is 0 Å². The molecule has 3 aromatic carbocycles. The van der Waals surface area contributed by atoms with Crippen LogP contribution >= 0.6 is 0 Å². The number of hydrogen-bond acceptors (Lipinski definition) is 5. The lowest BCUT2D eigenvalue weighted by atomic mass is 10.1. The number of nitrogens with one attached hydrogen (secondary N) is 1. The maximum absolute atomic E-state index is 12.2. The normalized spacial score (nSPS) is 12.5. The molecule has 0 aromatic heterocycles. The Morgan fingerprint density at radius 3 is 1.34 bits per heavy atom. The molecule has 0 aliphatic carbocycles. The Morgan fingerprint density at radius 1 is 0.705 bits per heavy atom. The van der Waals surface area contributed by atoms with E-state index in [1.807, 2.05) is 48.5 Å². The van der Waals surface area contributed by atoms with Crippen LogP contribution in [0, 0.1) is 0 Å². The number of carboxylic acid groups (broad SMARTS) is 1. The second-order valence-corrected chi connectivity index (χ2v) is 11.8. The number of aromatic carboxylic acids is 1. The van der Waals surface area contributed by atoms with E-state index in [2.05, 4.69) is 43.4 Å². The molecule has 0 atom stereocenters. The zero-order valence-corrected chi connectivity index (χ0v) is 24.4. The van der Waals surface area contributed by atoms with E-state index in [9.17, 15) is 57.3 Å². The number of carboxylic acids is 1. The van der Waals surface area contributed by atoms with Crippen molar-refractivity contribution in [1.29, 1.82) is 0 Å². The molecule has 0 amide bonds. The van der Waals surface area contributed by atoms with Gasteiger partial charge in [-0.2, -0.15) is 39.5 Å². The molecule has 0 aliphatic heterocycles. The Morgan fingerprint density at radius 2 is 1.07 bits per heavy atom. The van der Waals surface area contributed by atoms with Crippen LogP contribution in [0.15, 0.2) is 99.6 Å². The van der Waals surface area contributed by atoms with Gasteiger partial charge in [-0.3, -0.25) is 0 Å². The van der Waals surface area contributed by atoms with Gasteiger partial charge in [0.1, 0.15) is 0 Å². The predicted octanol–water partition coefficient (Wildman–Crippen LogP) is 7.05. The van der Waals surface area contributed by atoms with E-state index in [-0.39, 0.29) is 10.9 Å². The summed E-state index contributed by atoms with van der Waals surface area (Å²) < 4.78 is 135. The second-order valence-electron chi connectivity index (χ2n) is 8.34. The van der Waals surface area contributed by atoms with Crippen LogP contribution in [0.1, 0.15) is 24.2 Å². The van der Waals surface area contributed by atoms with E-state index in [4.69, 9.17) is 5.11 Å². The highest BCUT2D eigenvalue weighted by Gasteiger charge is 2.83. The summed E-state index contributed by atoms with van der Waals surface area (Å²) in [5.41, 5.74) is 0.313. The molecule has 0 aliphatic rings. The average molecular weight is 680 g/mol. The topological polar surface area (TPSA) is 107 Å².